The number of aromatic amines is 1. The minimum Gasteiger partial charge on any atom is -0.444 e. The first-order valence-electron chi connectivity index (χ1n) is 11.1. The van der Waals surface area contributed by atoms with E-state index in [2.05, 4.69) is 20.6 Å². The van der Waals surface area contributed by atoms with E-state index in [0.29, 0.717) is 42.8 Å². The SMILES string of the molecule is CC(C)CC(=O)N/C(=N/O)c1cnn2c(C3CCN(C(=O)OC(C)(C)C)CC3)cc(=O)[nH]c12. The first-order valence-corrected chi connectivity index (χ1v) is 11.1. The topological polar surface area (TPSA) is 141 Å². The van der Waals surface area contributed by atoms with Gasteiger partial charge >= 0.3 is 6.09 Å². The zero-order chi connectivity index (χ0) is 24.3. The van der Waals surface area contributed by atoms with Crippen molar-refractivity contribution in [2.45, 2.75) is 65.4 Å². The Bertz CT molecular complexity index is 1100. The summed E-state index contributed by atoms with van der Waals surface area (Å²) in [6.07, 6.45) is 2.63. The van der Waals surface area contributed by atoms with Crippen molar-refractivity contribution in [3.8, 4) is 0 Å². The molecule has 2 aromatic rings. The van der Waals surface area contributed by atoms with Crippen LogP contribution in [0, 0.1) is 5.92 Å². The van der Waals surface area contributed by atoms with Crippen molar-refractivity contribution in [2.24, 2.45) is 11.1 Å². The number of aromatic nitrogens is 3. The molecule has 1 saturated heterocycles. The highest BCUT2D eigenvalue weighted by Crippen LogP contribution is 2.28. The lowest BCUT2D eigenvalue weighted by Gasteiger charge is -2.33. The van der Waals surface area contributed by atoms with Crippen LogP contribution in [0.5, 0.6) is 0 Å². The number of oxime groups is 1. The van der Waals surface area contributed by atoms with Crippen LogP contribution in [0.25, 0.3) is 5.65 Å². The Hall–Kier alpha value is -3.37. The van der Waals surface area contributed by atoms with Crippen molar-refractivity contribution in [3.05, 3.63) is 33.9 Å². The number of carbonyl (C=O) groups excluding carboxylic acids is 2. The number of hydrogen-bond donors (Lipinski definition) is 3. The Morgan fingerprint density at radius 1 is 1.33 bits per heavy atom. The third-order valence-corrected chi connectivity index (χ3v) is 5.31. The van der Waals surface area contributed by atoms with Crippen LogP contribution in [-0.2, 0) is 9.53 Å². The van der Waals surface area contributed by atoms with Crippen LogP contribution < -0.4 is 10.9 Å². The Kier molecular flexibility index (Phi) is 7.09. The summed E-state index contributed by atoms with van der Waals surface area (Å²) in [5, 5.41) is 19.6. The van der Waals surface area contributed by atoms with Gasteiger partial charge in [-0.05, 0) is 39.5 Å². The fourth-order valence-corrected chi connectivity index (χ4v) is 3.86. The first kappa shape index (κ1) is 24.3. The Morgan fingerprint density at radius 2 is 2.00 bits per heavy atom. The van der Waals surface area contributed by atoms with Crippen molar-refractivity contribution in [1.29, 1.82) is 0 Å². The number of fused-ring (bicyclic) bond motifs is 1. The monoisotopic (exact) mass is 460 g/mol. The average molecular weight is 461 g/mol. The Morgan fingerprint density at radius 3 is 2.58 bits per heavy atom. The van der Waals surface area contributed by atoms with Gasteiger partial charge in [-0.2, -0.15) is 5.10 Å². The van der Waals surface area contributed by atoms with E-state index in [1.807, 2.05) is 34.6 Å². The molecule has 0 saturated carbocycles. The van der Waals surface area contributed by atoms with Crippen LogP contribution in [0.4, 0.5) is 4.79 Å². The van der Waals surface area contributed by atoms with Crippen molar-refractivity contribution in [1.82, 2.24) is 24.8 Å². The number of nitrogens with one attached hydrogen (secondary N) is 2. The quantitative estimate of drug-likeness (QED) is 0.277. The van der Waals surface area contributed by atoms with Crippen LogP contribution in [-0.4, -0.2) is 61.2 Å². The minimum absolute atomic E-state index is 0.00807. The van der Waals surface area contributed by atoms with E-state index < -0.39 is 5.60 Å². The summed E-state index contributed by atoms with van der Waals surface area (Å²) in [6, 6.07) is 1.49. The molecule has 11 nitrogen and oxygen atoms in total. The molecule has 0 spiro atoms. The second-order valence-electron chi connectivity index (χ2n) is 9.71. The van der Waals surface area contributed by atoms with Crippen molar-refractivity contribution in [3.63, 3.8) is 0 Å². The summed E-state index contributed by atoms with van der Waals surface area (Å²) < 4.78 is 7.04. The van der Waals surface area contributed by atoms with E-state index in [9.17, 15) is 19.6 Å². The van der Waals surface area contributed by atoms with Gasteiger partial charge in [0.1, 0.15) is 11.2 Å². The largest absolute Gasteiger partial charge is 0.444 e. The third-order valence-electron chi connectivity index (χ3n) is 5.31. The number of nitrogens with zero attached hydrogens (tertiary/aromatic N) is 4. The van der Waals surface area contributed by atoms with E-state index >= 15 is 0 Å². The maximum absolute atomic E-state index is 12.4. The number of H-pyrrole nitrogens is 1. The molecule has 0 unspecified atom stereocenters. The van der Waals surface area contributed by atoms with Gasteiger partial charge in [0, 0.05) is 31.5 Å². The number of amides is 2. The number of piperidine rings is 1. The lowest BCUT2D eigenvalue weighted by atomic mass is 9.93. The summed E-state index contributed by atoms with van der Waals surface area (Å²) in [4.78, 5) is 41.3. The summed E-state index contributed by atoms with van der Waals surface area (Å²) in [5.41, 5.74) is 0.424. The van der Waals surface area contributed by atoms with Gasteiger partial charge in [-0.15, -0.1) is 0 Å². The van der Waals surface area contributed by atoms with Gasteiger partial charge in [-0.25, -0.2) is 9.31 Å². The second-order valence-corrected chi connectivity index (χ2v) is 9.71. The van der Waals surface area contributed by atoms with Crippen LogP contribution in [0.1, 0.15) is 71.1 Å². The normalized spacial score (nSPS) is 15.8. The highest BCUT2D eigenvalue weighted by Gasteiger charge is 2.29. The van der Waals surface area contributed by atoms with E-state index in [4.69, 9.17) is 4.74 Å². The average Bonchev–Trinajstić information content (AvgIpc) is 3.13. The van der Waals surface area contributed by atoms with Crippen molar-refractivity contribution >= 4 is 23.5 Å². The molecule has 2 aromatic heterocycles. The number of hydrogen-bond acceptors (Lipinski definition) is 7. The van der Waals surface area contributed by atoms with E-state index in [1.165, 1.54) is 12.3 Å². The summed E-state index contributed by atoms with van der Waals surface area (Å²) >= 11 is 0. The molecule has 1 aliphatic rings. The molecule has 11 heteroatoms. The molecular weight excluding hydrogens is 428 g/mol. The molecule has 3 heterocycles. The summed E-state index contributed by atoms with van der Waals surface area (Å²) in [6.45, 7) is 10.3. The van der Waals surface area contributed by atoms with Crippen LogP contribution in [0.2, 0.25) is 0 Å². The van der Waals surface area contributed by atoms with Gasteiger partial charge in [0.2, 0.25) is 5.91 Å². The molecule has 0 radical (unpaired) electrons. The summed E-state index contributed by atoms with van der Waals surface area (Å²) in [7, 11) is 0. The lowest BCUT2D eigenvalue weighted by molar-refractivity contribution is -0.120. The van der Waals surface area contributed by atoms with Gasteiger partial charge in [-0.1, -0.05) is 19.0 Å². The molecular formula is C22H32N6O5. The highest BCUT2D eigenvalue weighted by molar-refractivity contribution is 6.10. The molecule has 0 aliphatic carbocycles. The fourth-order valence-electron chi connectivity index (χ4n) is 3.86. The van der Waals surface area contributed by atoms with Crippen molar-refractivity contribution < 1.29 is 19.5 Å². The van der Waals surface area contributed by atoms with Crippen LogP contribution in [0.3, 0.4) is 0 Å². The van der Waals surface area contributed by atoms with Crippen LogP contribution >= 0.6 is 0 Å². The zero-order valence-corrected chi connectivity index (χ0v) is 19.7. The molecule has 3 rings (SSSR count). The number of likely N-dealkylation sites (tertiary alicyclic amines) is 1. The molecule has 1 aliphatic heterocycles. The molecule has 0 aromatic carbocycles. The van der Waals surface area contributed by atoms with Crippen molar-refractivity contribution in [2.75, 3.05) is 13.1 Å². The first-order chi connectivity index (χ1) is 15.5. The number of amidine groups is 1. The van der Waals surface area contributed by atoms with E-state index in [0.717, 1.165) is 0 Å². The maximum Gasteiger partial charge on any atom is 0.410 e. The van der Waals surface area contributed by atoms with Crippen LogP contribution in [0.15, 0.2) is 22.2 Å². The molecule has 3 N–H and O–H groups in total. The highest BCUT2D eigenvalue weighted by atomic mass is 16.6. The van der Waals surface area contributed by atoms with Gasteiger partial charge in [0.05, 0.1) is 17.5 Å². The zero-order valence-electron chi connectivity index (χ0n) is 19.7. The molecule has 33 heavy (non-hydrogen) atoms. The smallest absolute Gasteiger partial charge is 0.410 e. The number of carbonyl (C=O) groups is 2. The Balaban J connectivity index is 1.82. The molecule has 180 valence electrons. The minimum atomic E-state index is -0.561. The third kappa shape index (κ3) is 5.91. The van der Waals surface area contributed by atoms with Gasteiger partial charge in [-0.3, -0.25) is 9.59 Å². The van der Waals surface area contributed by atoms with E-state index in [-0.39, 0.29) is 41.7 Å². The fraction of sp³-hybridized carbons (Fsp3) is 0.591. The summed E-state index contributed by atoms with van der Waals surface area (Å²) in [5.74, 6) is -0.258. The number of rotatable bonds is 4. The van der Waals surface area contributed by atoms with Gasteiger partial charge in [0.25, 0.3) is 5.56 Å². The predicted molar refractivity (Wildman–Crippen MR) is 122 cm³/mol. The van der Waals surface area contributed by atoms with Gasteiger partial charge in [0.15, 0.2) is 5.84 Å². The molecule has 2 amide bonds. The molecule has 1 fully saturated rings. The molecule has 0 atom stereocenters. The Labute approximate surface area is 191 Å². The maximum atomic E-state index is 12.4. The second kappa shape index (κ2) is 9.63. The molecule has 0 bridgehead atoms. The number of ether oxygens (including phenoxy) is 1. The lowest BCUT2D eigenvalue weighted by Crippen LogP contribution is -2.41. The predicted octanol–water partition coefficient (Wildman–Crippen LogP) is 2.44. The van der Waals surface area contributed by atoms with Gasteiger partial charge < -0.3 is 25.1 Å². The van der Waals surface area contributed by atoms with E-state index in [1.54, 1.807) is 9.42 Å². The standard InChI is InChI=1S/C22H32N6O5/c1-13(2)10-17(29)24-19(26-32)15-12-23-28-16(11-18(30)25-20(15)28)14-6-8-27(9-7-14)21(31)33-22(3,4)5/h11-14,32H,6-10H2,1-5H3,(H,25,30)(H,24,26,29).